The van der Waals surface area contributed by atoms with E-state index in [0.717, 1.165) is 23.6 Å². The van der Waals surface area contributed by atoms with Gasteiger partial charge in [0, 0.05) is 48.4 Å². The van der Waals surface area contributed by atoms with Gasteiger partial charge in [-0.2, -0.15) is 0 Å². The average molecular weight is 917 g/mol. The summed E-state index contributed by atoms with van der Waals surface area (Å²) in [5.74, 6) is 0.480. The molecule has 5 N–H and O–H groups in total. The molecule has 4 unspecified atom stereocenters. The summed E-state index contributed by atoms with van der Waals surface area (Å²) < 4.78 is 0. The van der Waals surface area contributed by atoms with Crippen LogP contribution in [-0.2, 0) is 22.7 Å². The summed E-state index contributed by atoms with van der Waals surface area (Å²) in [6.07, 6.45) is 2.26. The molecule has 4 atom stereocenters. The highest BCUT2D eigenvalue weighted by Gasteiger charge is 2.40. The molecule has 4 amide bonds. The maximum absolute atomic E-state index is 13.1. The molecule has 0 aliphatic rings. The third-order valence-corrected chi connectivity index (χ3v) is 19.4. The molecule has 0 aliphatic heterocycles. The fourth-order valence-electron chi connectivity index (χ4n) is 7.57. The Morgan fingerprint density at radius 3 is 1.23 bits per heavy atom. The van der Waals surface area contributed by atoms with Gasteiger partial charge >= 0.3 is 0 Å². The molecule has 0 spiro atoms. The highest BCUT2D eigenvalue weighted by Crippen LogP contribution is 2.24. The van der Waals surface area contributed by atoms with Crippen LogP contribution in [0.2, 0.25) is 25.2 Å². The maximum Gasteiger partial charge on any atom is 0.251 e. The van der Waals surface area contributed by atoms with Gasteiger partial charge in [-0.15, -0.1) is 0 Å². The summed E-state index contributed by atoms with van der Waals surface area (Å²) in [5, 5.41) is 13.6. The van der Waals surface area contributed by atoms with Crippen LogP contribution < -0.4 is 26.5 Å². The molecule has 0 saturated heterocycles. The lowest BCUT2D eigenvalue weighted by Gasteiger charge is -2.38. The molecule has 0 bridgehead atoms. The van der Waals surface area contributed by atoms with E-state index < -0.39 is 16.4 Å². The molecule has 0 aliphatic carbocycles. The summed E-state index contributed by atoms with van der Waals surface area (Å²) in [4.78, 5) is 62.0. The number of benzene rings is 5. The van der Waals surface area contributed by atoms with Crippen LogP contribution in [0.4, 0.5) is 0 Å². The Bertz CT molecular complexity index is 2130. The number of hydrogen-bond donors (Lipinski definition) is 5. The fraction of sp³-hybridized carbons (Fsp3) is 0.370. The molecule has 9 nitrogen and oxygen atoms in total. The van der Waals surface area contributed by atoms with Crippen LogP contribution in [0.25, 0.3) is 0 Å². The lowest BCUT2D eigenvalue weighted by Crippen LogP contribution is -2.62. The van der Waals surface area contributed by atoms with Gasteiger partial charge < -0.3 is 26.1 Å². The number of amides is 4. The van der Waals surface area contributed by atoms with Gasteiger partial charge in [0.2, 0.25) is 20.1 Å². The van der Waals surface area contributed by atoms with Crippen LogP contribution in [0.1, 0.15) is 100 Å². The van der Waals surface area contributed by atoms with Crippen LogP contribution in [0.3, 0.4) is 0 Å². The first kappa shape index (κ1) is 55.5. The van der Waals surface area contributed by atoms with Gasteiger partial charge in [-0.3, -0.25) is 19.2 Å². The molecule has 11 heteroatoms. The Hall–Kier alpha value is -5.63. The highest BCUT2D eigenvalue weighted by atomic mass is 28.4. The lowest BCUT2D eigenvalue weighted by atomic mass is 10.1. The number of hydrogen-bond acceptors (Lipinski definition) is 5. The topological polar surface area (TPSA) is 137 Å². The van der Waals surface area contributed by atoms with Gasteiger partial charge in [-0.1, -0.05) is 182 Å². The third-order valence-electron chi connectivity index (χ3n) is 11.4. The quantitative estimate of drug-likeness (QED) is 0.0467. The largest absolute Gasteiger partial charge is 0.430 e. The van der Waals surface area contributed by atoms with Gasteiger partial charge in [-0.05, 0) is 78.7 Å². The Morgan fingerprint density at radius 1 is 0.492 bits per heavy atom. The summed E-state index contributed by atoms with van der Waals surface area (Å²) in [6, 6.07) is 49.7. The van der Waals surface area contributed by atoms with Crippen molar-refractivity contribution in [1.29, 1.82) is 0 Å². The molecule has 5 aromatic rings. The highest BCUT2D eigenvalue weighted by molar-refractivity contribution is 6.92. The van der Waals surface area contributed by atoms with Crippen molar-refractivity contribution in [3.05, 3.63) is 174 Å². The van der Waals surface area contributed by atoms with Crippen molar-refractivity contribution in [2.45, 2.75) is 118 Å². The Balaban J connectivity index is 0.000000439. The summed E-state index contributed by atoms with van der Waals surface area (Å²) in [7, 11) is -5.13. The second-order valence-electron chi connectivity index (χ2n) is 17.7. The Morgan fingerprint density at radius 2 is 0.831 bits per heavy atom. The van der Waals surface area contributed by atoms with Gasteiger partial charge in [0.1, 0.15) is 8.07 Å². The lowest BCUT2D eigenvalue weighted by molar-refractivity contribution is -0.121. The van der Waals surface area contributed by atoms with Crippen molar-refractivity contribution in [1.82, 2.24) is 21.3 Å². The smallest absolute Gasteiger partial charge is 0.251 e. The van der Waals surface area contributed by atoms with E-state index in [1.165, 1.54) is 5.19 Å². The first-order valence-corrected chi connectivity index (χ1v) is 27.8. The molecule has 5 rings (SSSR count). The minimum Gasteiger partial charge on any atom is -0.430 e. The van der Waals surface area contributed by atoms with Crippen LogP contribution in [-0.4, -0.2) is 56.1 Å². The maximum atomic E-state index is 13.1. The van der Waals surface area contributed by atoms with Gasteiger partial charge in [0.15, 0.2) is 0 Å². The van der Waals surface area contributed by atoms with Crippen molar-refractivity contribution in [3.63, 3.8) is 0 Å². The van der Waals surface area contributed by atoms with E-state index in [4.69, 9.17) is 0 Å². The fourth-order valence-corrected chi connectivity index (χ4v) is 14.3. The zero-order valence-electron chi connectivity index (χ0n) is 38.0. The van der Waals surface area contributed by atoms with Crippen LogP contribution >= 0.6 is 0 Å². The minimum absolute atomic E-state index is 0. The number of carbonyl (C=O) groups excluding carboxylic acids is 4. The summed E-state index contributed by atoms with van der Waals surface area (Å²) in [5.41, 5.74) is 3.08. The number of rotatable bonds is 21. The van der Waals surface area contributed by atoms with Crippen molar-refractivity contribution >= 4 is 45.2 Å². The van der Waals surface area contributed by atoms with E-state index in [-0.39, 0.29) is 56.2 Å². The number of carbonyl (C=O) groups is 4. The summed E-state index contributed by atoms with van der Waals surface area (Å²) in [6.45, 7) is 13.7. The van der Waals surface area contributed by atoms with E-state index in [1.807, 2.05) is 122 Å². The molecule has 350 valence electrons. The van der Waals surface area contributed by atoms with Gasteiger partial charge in [0.05, 0.1) is 0 Å². The molecule has 0 saturated carbocycles. The second-order valence-corrected chi connectivity index (χ2v) is 26.2. The zero-order chi connectivity index (χ0) is 45.7. The van der Waals surface area contributed by atoms with E-state index in [9.17, 15) is 24.0 Å². The molecule has 0 fully saturated rings. The van der Waals surface area contributed by atoms with Crippen molar-refractivity contribution in [2.24, 2.45) is 11.8 Å². The van der Waals surface area contributed by atoms with E-state index in [1.54, 1.807) is 12.1 Å². The predicted octanol–water partition coefficient (Wildman–Crippen LogP) is 9.98. The summed E-state index contributed by atoms with van der Waals surface area (Å²) >= 11 is 0. The Kier molecular flexibility index (Phi) is 24.2. The molecule has 0 heterocycles. The second kappa shape index (κ2) is 28.3. The first-order chi connectivity index (χ1) is 30.2. The Labute approximate surface area is 392 Å². The number of nitrogens with one attached hydrogen (secondary N) is 4. The van der Waals surface area contributed by atoms with Gasteiger partial charge in [0.25, 0.3) is 11.8 Å². The van der Waals surface area contributed by atoms with Crippen molar-refractivity contribution < 1.29 is 24.0 Å². The molecular weight excluding hydrogens is 841 g/mol. The minimum atomic E-state index is -2.86. The van der Waals surface area contributed by atoms with E-state index >= 15 is 0 Å². The first-order valence-electron chi connectivity index (χ1n) is 22.3. The third kappa shape index (κ3) is 19.2. The van der Waals surface area contributed by atoms with Gasteiger partial charge in [-0.25, -0.2) is 0 Å². The predicted molar refractivity (Wildman–Crippen MR) is 275 cm³/mol. The molecule has 0 aromatic heterocycles. The van der Waals surface area contributed by atoms with Crippen LogP contribution in [0, 0.1) is 11.8 Å². The molecule has 0 radical (unpaired) electrons. The molecule has 65 heavy (non-hydrogen) atoms. The van der Waals surface area contributed by atoms with Crippen LogP contribution in [0.5, 0.6) is 0 Å². The van der Waals surface area contributed by atoms with E-state index in [2.05, 4.69) is 79.8 Å². The van der Waals surface area contributed by atoms with Crippen molar-refractivity contribution in [2.75, 3.05) is 0 Å². The van der Waals surface area contributed by atoms with Crippen molar-refractivity contribution in [3.8, 4) is 0 Å². The normalized spacial score (nSPS) is 13.4. The zero-order valence-corrected chi connectivity index (χ0v) is 40.0. The van der Waals surface area contributed by atoms with Crippen LogP contribution in [0.15, 0.2) is 152 Å². The molecular formula is C54H76N4O5Si2. The molecule has 5 aromatic carbocycles. The SMILES string of the molecule is C.C.CC(C)CC(NC(=O)c1ccccc1)[Si](C)(CCC(=O)NCc1ccccc1)c1ccccc1.CC(C)CC(NC(=O)c1ccccc1)[Si](C)(O)CCC(=O)NCc1ccccc1. The standard InChI is InChI=1S/C29H36N2O2Si.C23H32N2O3Si.2CH4/c1-23(2)21-28(31-29(33)25-15-9-5-10-16-25)34(3,26-17-11-6-12-18-26)20-19-27(32)30-22-24-13-7-4-8-14-24;1-18(2)16-22(25-23(27)20-12-8-5-9-13-20)29(3,28)15-14-21(26)24-17-19-10-6-4-7-11-19;;/h4-18,23,28H,19-22H2,1-3H3,(H,30,32)(H,31,33);4-13,18,22,28H,14-17H2,1-3H3,(H,24,26)(H,25,27);2*1H4. The van der Waals surface area contributed by atoms with E-state index in [0.29, 0.717) is 54.9 Å². The monoisotopic (exact) mass is 917 g/mol. The average Bonchev–Trinajstić information content (AvgIpc) is 3.29.